The Hall–Kier alpha value is -1.85. The Morgan fingerprint density at radius 1 is 1.47 bits per heavy atom. The number of aromatic nitrogens is 2. The van der Waals surface area contributed by atoms with E-state index in [1.165, 1.54) is 10.8 Å². The zero-order valence-electron chi connectivity index (χ0n) is 10.5. The number of ether oxygens (including phenoxy) is 1. The Morgan fingerprint density at radius 3 is 2.89 bits per heavy atom. The fraction of sp³-hybridized carbons (Fsp3) is 0.231. The van der Waals surface area contributed by atoms with Gasteiger partial charge in [0, 0.05) is 25.5 Å². The van der Waals surface area contributed by atoms with Gasteiger partial charge < -0.3 is 15.0 Å². The molecule has 1 heterocycles. The molecular formula is C13H14ClN3O2. The molecule has 0 atom stereocenters. The number of nitrogens with zero attached hydrogens (tertiary/aromatic N) is 2. The normalized spacial score (nSPS) is 10.5. The first-order valence-electron chi connectivity index (χ1n) is 5.87. The zero-order valence-corrected chi connectivity index (χ0v) is 11.2. The van der Waals surface area contributed by atoms with E-state index < -0.39 is 0 Å². The van der Waals surface area contributed by atoms with E-state index in [4.69, 9.17) is 22.1 Å². The molecule has 0 aliphatic rings. The Labute approximate surface area is 115 Å². The monoisotopic (exact) mass is 279 g/mol. The van der Waals surface area contributed by atoms with Gasteiger partial charge in [0.05, 0.1) is 5.02 Å². The van der Waals surface area contributed by atoms with Gasteiger partial charge in [0.25, 0.3) is 5.88 Å². The molecule has 0 aliphatic carbocycles. The van der Waals surface area contributed by atoms with Crippen molar-refractivity contribution in [3.8, 4) is 11.6 Å². The molecule has 2 rings (SSSR count). The van der Waals surface area contributed by atoms with Gasteiger partial charge in [0.15, 0.2) is 0 Å². The van der Waals surface area contributed by atoms with Gasteiger partial charge in [-0.1, -0.05) is 17.7 Å². The van der Waals surface area contributed by atoms with Gasteiger partial charge in [0.2, 0.25) is 0 Å². The lowest BCUT2D eigenvalue weighted by molar-refractivity contribution is 0.445. The van der Waals surface area contributed by atoms with Crippen molar-refractivity contribution in [2.24, 2.45) is 5.73 Å². The summed E-state index contributed by atoms with van der Waals surface area (Å²) in [5.74, 6) is 0.393. The summed E-state index contributed by atoms with van der Waals surface area (Å²) in [6, 6.07) is 5.18. The minimum Gasteiger partial charge on any atom is -0.433 e. The lowest BCUT2D eigenvalue weighted by atomic mass is 10.2. The Kier molecular flexibility index (Phi) is 4.19. The highest BCUT2D eigenvalue weighted by molar-refractivity contribution is 6.32. The van der Waals surface area contributed by atoms with Crippen LogP contribution < -0.4 is 16.0 Å². The Morgan fingerprint density at radius 2 is 2.26 bits per heavy atom. The molecule has 1 aromatic heterocycles. The second-order valence-electron chi connectivity index (χ2n) is 3.89. The van der Waals surface area contributed by atoms with Crippen LogP contribution in [-0.4, -0.2) is 9.55 Å². The Bertz CT molecular complexity index is 640. The van der Waals surface area contributed by atoms with Gasteiger partial charge in [0.1, 0.15) is 5.75 Å². The fourth-order valence-corrected chi connectivity index (χ4v) is 1.85. The molecule has 0 saturated heterocycles. The molecule has 1 aromatic carbocycles. The molecular weight excluding hydrogens is 266 g/mol. The minimum atomic E-state index is -0.288. The highest BCUT2D eigenvalue weighted by Crippen LogP contribution is 2.27. The van der Waals surface area contributed by atoms with Gasteiger partial charge in [-0.2, -0.15) is 0 Å². The van der Waals surface area contributed by atoms with Crippen molar-refractivity contribution in [2.45, 2.75) is 20.0 Å². The van der Waals surface area contributed by atoms with Crippen LogP contribution in [0.3, 0.4) is 0 Å². The topological polar surface area (TPSA) is 70.1 Å². The third-order valence-electron chi connectivity index (χ3n) is 2.66. The summed E-state index contributed by atoms with van der Waals surface area (Å²) in [5, 5.41) is 0.399. The summed E-state index contributed by atoms with van der Waals surface area (Å²) in [6.45, 7) is 2.82. The lowest BCUT2D eigenvalue weighted by Gasteiger charge is -2.08. The quantitative estimate of drug-likeness (QED) is 0.931. The molecule has 100 valence electrons. The van der Waals surface area contributed by atoms with E-state index in [0.717, 1.165) is 5.56 Å². The van der Waals surface area contributed by atoms with Crippen molar-refractivity contribution in [1.29, 1.82) is 0 Å². The number of hydrogen-bond donors (Lipinski definition) is 1. The minimum absolute atomic E-state index is 0.00625. The van der Waals surface area contributed by atoms with Crippen LogP contribution in [0.4, 0.5) is 0 Å². The molecule has 0 radical (unpaired) electrons. The van der Waals surface area contributed by atoms with E-state index >= 15 is 0 Å². The first-order valence-corrected chi connectivity index (χ1v) is 6.25. The summed E-state index contributed by atoms with van der Waals surface area (Å²) < 4.78 is 6.97. The third kappa shape index (κ3) is 2.94. The summed E-state index contributed by atoms with van der Waals surface area (Å²) in [6.07, 6.45) is 3.12. The summed E-state index contributed by atoms with van der Waals surface area (Å²) in [5.41, 5.74) is 6.12. The average Bonchev–Trinajstić information content (AvgIpc) is 2.43. The molecule has 0 amide bonds. The largest absolute Gasteiger partial charge is 0.433 e. The molecule has 2 N–H and O–H groups in total. The van der Waals surface area contributed by atoms with Crippen molar-refractivity contribution in [2.75, 3.05) is 0 Å². The number of rotatable bonds is 4. The van der Waals surface area contributed by atoms with Crippen LogP contribution in [0.25, 0.3) is 0 Å². The number of halogens is 1. The van der Waals surface area contributed by atoms with Gasteiger partial charge in [-0.05, 0) is 24.6 Å². The van der Waals surface area contributed by atoms with E-state index in [1.807, 2.05) is 6.92 Å². The van der Waals surface area contributed by atoms with E-state index in [9.17, 15) is 4.79 Å². The number of aryl methyl sites for hydroxylation is 1. The molecule has 5 nitrogen and oxygen atoms in total. The van der Waals surface area contributed by atoms with Gasteiger partial charge in [-0.15, -0.1) is 0 Å². The van der Waals surface area contributed by atoms with Crippen molar-refractivity contribution in [3.05, 3.63) is 51.5 Å². The number of hydrogen-bond acceptors (Lipinski definition) is 4. The van der Waals surface area contributed by atoms with Crippen molar-refractivity contribution in [3.63, 3.8) is 0 Å². The summed E-state index contributed by atoms with van der Waals surface area (Å²) >= 11 is 6.07. The van der Waals surface area contributed by atoms with Crippen molar-refractivity contribution >= 4 is 11.6 Å². The van der Waals surface area contributed by atoms with Crippen molar-refractivity contribution in [1.82, 2.24) is 9.55 Å². The molecule has 0 aliphatic heterocycles. The van der Waals surface area contributed by atoms with Crippen LogP contribution in [0.15, 0.2) is 35.4 Å². The van der Waals surface area contributed by atoms with Crippen LogP contribution >= 0.6 is 11.6 Å². The maximum Gasteiger partial charge on any atom is 0.313 e. The van der Waals surface area contributed by atoms with E-state index in [-0.39, 0.29) is 11.4 Å². The summed E-state index contributed by atoms with van der Waals surface area (Å²) in [7, 11) is 0. The second-order valence-corrected chi connectivity index (χ2v) is 4.30. The second kappa shape index (κ2) is 5.86. The third-order valence-corrected chi connectivity index (χ3v) is 2.96. The molecule has 2 aromatic rings. The van der Waals surface area contributed by atoms with E-state index in [2.05, 4.69) is 4.98 Å². The van der Waals surface area contributed by atoms with Crippen LogP contribution in [0.2, 0.25) is 5.02 Å². The molecule has 0 saturated carbocycles. The van der Waals surface area contributed by atoms with E-state index in [1.54, 1.807) is 24.4 Å². The predicted molar refractivity (Wildman–Crippen MR) is 73.6 cm³/mol. The predicted octanol–water partition coefficient (Wildman–Crippen LogP) is 2.17. The maximum absolute atomic E-state index is 12.0. The zero-order chi connectivity index (χ0) is 13.8. The molecule has 6 heteroatoms. The average molecular weight is 280 g/mol. The molecule has 0 bridgehead atoms. The highest BCUT2D eigenvalue weighted by Gasteiger charge is 2.09. The van der Waals surface area contributed by atoms with Gasteiger partial charge >= 0.3 is 5.56 Å². The maximum atomic E-state index is 12.0. The first kappa shape index (κ1) is 13.6. The SMILES string of the molecule is CCn1ccnc(Oc2ccc(CN)cc2Cl)c1=O. The summed E-state index contributed by atoms with van der Waals surface area (Å²) in [4.78, 5) is 15.9. The molecule has 19 heavy (non-hydrogen) atoms. The van der Waals surface area contributed by atoms with Gasteiger partial charge in [-0.25, -0.2) is 4.98 Å². The van der Waals surface area contributed by atoms with Crippen LogP contribution in [0.1, 0.15) is 12.5 Å². The number of benzene rings is 1. The van der Waals surface area contributed by atoms with Crippen LogP contribution in [-0.2, 0) is 13.1 Å². The molecule has 0 unspecified atom stereocenters. The first-order chi connectivity index (χ1) is 9.15. The van der Waals surface area contributed by atoms with E-state index in [0.29, 0.717) is 23.9 Å². The fourth-order valence-electron chi connectivity index (χ4n) is 1.60. The number of nitrogens with two attached hydrogens (primary N) is 1. The van der Waals surface area contributed by atoms with Gasteiger partial charge in [-0.3, -0.25) is 4.79 Å². The van der Waals surface area contributed by atoms with Crippen molar-refractivity contribution < 1.29 is 4.74 Å². The molecule has 0 fully saturated rings. The molecule has 0 spiro atoms. The Balaban J connectivity index is 2.34. The standard InChI is InChI=1S/C13H14ClN3O2/c1-2-17-6-5-16-12(13(17)18)19-11-4-3-9(8-15)7-10(11)14/h3-7H,2,8,15H2,1H3. The highest BCUT2D eigenvalue weighted by atomic mass is 35.5. The lowest BCUT2D eigenvalue weighted by Crippen LogP contribution is -2.20. The van der Waals surface area contributed by atoms with Crippen LogP contribution in [0.5, 0.6) is 11.6 Å². The van der Waals surface area contributed by atoms with Crippen LogP contribution in [0, 0.1) is 0 Å². The smallest absolute Gasteiger partial charge is 0.313 e.